The maximum Gasteiger partial charge on any atom is 0.00495 e. The lowest BCUT2D eigenvalue weighted by Crippen LogP contribution is -2.48. The van der Waals surface area contributed by atoms with Gasteiger partial charge in [0.25, 0.3) is 0 Å². The van der Waals surface area contributed by atoms with Crippen molar-refractivity contribution in [1.29, 1.82) is 0 Å². The predicted octanol–water partition coefficient (Wildman–Crippen LogP) is 3.55. The average molecular weight is 254 g/mol. The summed E-state index contributed by atoms with van der Waals surface area (Å²) in [6.45, 7) is 15.1. The second-order valence-corrected chi connectivity index (χ2v) is 8.23. The van der Waals surface area contributed by atoms with Crippen LogP contribution in [0.1, 0.15) is 67.2 Å². The Balaban J connectivity index is 2.48. The molecule has 1 saturated carbocycles. The monoisotopic (exact) mass is 254 g/mol. The molecule has 0 saturated heterocycles. The molecule has 0 aromatic carbocycles. The maximum absolute atomic E-state index is 6.25. The first kappa shape index (κ1) is 16.0. The van der Waals surface area contributed by atoms with E-state index in [0.29, 0.717) is 22.9 Å². The maximum atomic E-state index is 6.25. The van der Waals surface area contributed by atoms with Gasteiger partial charge in [0.15, 0.2) is 0 Å². The summed E-state index contributed by atoms with van der Waals surface area (Å²) in [5.41, 5.74) is 7.01. The highest BCUT2D eigenvalue weighted by molar-refractivity contribution is 4.94. The van der Waals surface area contributed by atoms with E-state index in [4.69, 9.17) is 5.73 Å². The first-order valence-electron chi connectivity index (χ1n) is 7.61. The highest BCUT2D eigenvalue weighted by Crippen LogP contribution is 2.45. The van der Waals surface area contributed by atoms with Crippen molar-refractivity contribution in [3.8, 4) is 0 Å². The zero-order valence-corrected chi connectivity index (χ0v) is 13.3. The van der Waals surface area contributed by atoms with Crippen LogP contribution in [0.2, 0.25) is 0 Å². The summed E-state index contributed by atoms with van der Waals surface area (Å²) in [5, 5.41) is 3.73. The van der Waals surface area contributed by atoms with Crippen LogP contribution in [0.5, 0.6) is 0 Å². The third-order valence-corrected chi connectivity index (χ3v) is 4.18. The Morgan fingerprint density at radius 3 is 2.28 bits per heavy atom. The Labute approximate surface area is 114 Å². The Kier molecular flexibility index (Phi) is 5.25. The molecule has 0 aromatic rings. The minimum atomic E-state index is 0.367. The van der Waals surface area contributed by atoms with E-state index in [1.54, 1.807) is 0 Å². The van der Waals surface area contributed by atoms with Crippen molar-refractivity contribution in [2.24, 2.45) is 22.5 Å². The summed E-state index contributed by atoms with van der Waals surface area (Å²) >= 11 is 0. The van der Waals surface area contributed by atoms with Crippen LogP contribution in [-0.4, -0.2) is 18.6 Å². The van der Waals surface area contributed by atoms with Crippen molar-refractivity contribution < 1.29 is 0 Å². The zero-order valence-electron chi connectivity index (χ0n) is 13.3. The number of rotatable bonds is 5. The number of nitrogens with two attached hydrogens (primary N) is 1. The van der Waals surface area contributed by atoms with E-state index >= 15 is 0 Å². The number of hydrogen-bond acceptors (Lipinski definition) is 2. The van der Waals surface area contributed by atoms with Crippen LogP contribution < -0.4 is 11.1 Å². The summed E-state index contributed by atoms with van der Waals surface area (Å²) in [4.78, 5) is 0. The van der Waals surface area contributed by atoms with Gasteiger partial charge in [0.1, 0.15) is 0 Å². The molecule has 0 aromatic heterocycles. The van der Waals surface area contributed by atoms with Crippen molar-refractivity contribution in [1.82, 2.24) is 5.32 Å². The second kappa shape index (κ2) is 5.92. The lowest BCUT2D eigenvalue weighted by Gasteiger charge is -2.46. The molecule has 3 unspecified atom stereocenters. The normalized spacial score (nSPS) is 33.7. The average Bonchev–Trinajstić information content (AvgIpc) is 2.09. The third-order valence-electron chi connectivity index (χ3n) is 4.18. The first-order chi connectivity index (χ1) is 8.12. The molecular weight excluding hydrogens is 220 g/mol. The van der Waals surface area contributed by atoms with E-state index in [1.807, 2.05) is 0 Å². The molecule has 2 heteroatoms. The molecule has 0 amide bonds. The van der Waals surface area contributed by atoms with E-state index in [9.17, 15) is 0 Å². The van der Waals surface area contributed by atoms with Gasteiger partial charge >= 0.3 is 0 Å². The molecule has 1 aliphatic rings. The Morgan fingerprint density at radius 2 is 1.78 bits per heavy atom. The van der Waals surface area contributed by atoms with Crippen LogP contribution in [0, 0.1) is 16.7 Å². The van der Waals surface area contributed by atoms with Crippen LogP contribution in [0.3, 0.4) is 0 Å². The predicted molar refractivity (Wildman–Crippen MR) is 80.6 cm³/mol. The van der Waals surface area contributed by atoms with E-state index in [1.165, 1.54) is 19.3 Å². The van der Waals surface area contributed by atoms with Gasteiger partial charge in [0.05, 0.1) is 0 Å². The van der Waals surface area contributed by atoms with Crippen LogP contribution in [0.15, 0.2) is 0 Å². The largest absolute Gasteiger partial charge is 0.328 e. The molecule has 2 nitrogen and oxygen atoms in total. The molecule has 108 valence electrons. The van der Waals surface area contributed by atoms with Gasteiger partial charge in [-0.1, -0.05) is 34.6 Å². The lowest BCUT2D eigenvalue weighted by molar-refractivity contribution is 0.0799. The van der Waals surface area contributed by atoms with Crippen molar-refractivity contribution in [3.63, 3.8) is 0 Å². The summed E-state index contributed by atoms with van der Waals surface area (Å²) in [7, 11) is 0. The molecule has 1 rings (SSSR count). The molecule has 0 aliphatic heterocycles. The van der Waals surface area contributed by atoms with E-state index in [0.717, 1.165) is 18.9 Å². The first-order valence-corrected chi connectivity index (χ1v) is 7.61. The van der Waals surface area contributed by atoms with Crippen LogP contribution in [0.25, 0.3) is 0 Å². The minimum absolute atomic E-state index is 0.367. The van der Waals surface area contributed by atoms with Gasteiger partial charge < -0.3 is 11.1 Å². The molecule has 3 N–H and O–H groups in total. The summed E-state index contributed by atoms with van der Waals surface area (Å²) in [6.07, 6.45) is 4.88. The lowest BCUT2D eigenvalue weighted by atomic mass is 9.63. The SMILES string of the molecule is CC(C)CC(C)NCC1(C)CC(N)CC(C)(C)C1. The summed E-state index contributed by atoms with van der Waals surface area (Å²) < 4.78 is 0. The Hall–Kier alpha value is -0.0800. The molecular formula is C16H34N2. The van der Waals surface area contributed by atoms with Gasteiger partial charge in [-0.05, 0) is 49.4 Å². The van der Waals surface area contributed by atoms with E-state index in [2.05, 4.69) is 46.9 Å². The highest BCUT2D eigenvalue weighted by atomic mass is 14.9. The van der Waals surface area contributed by atoms with Crippen LogP contribution >= 0.6 is 0 Å². The van der Waals surface area contributed by atoms with E-state index in [-0.39, 0.29) is 0 Å². The van der Waals surface area contributed by atoms with Crippen LogP contribution in [-0.2, 0) is 0 Å². The molecule has 0 bridgehead atoms. The van der Waals surface area contributed by atoms with Crippen molar-refractivity contribution in [3.05, 3.63) is 0 Å². The second-order valence-electron chi connectivity index (χ2n) is 8.23. The fraction of sp³-hybridized carbons (Fsp3) is 1.00. The third kappa shape index (κ3) is 5.27. The number of nitrogens with one attached hydrogen (secondary N) is 1. The molecule has 0 radical (unpaired) electrons. The standard InChI is InChI=1S/C16H34N2/c1-12(2)7-13(3)18-11-16(6)9-14(17)8-15(4,5)10-16/h12-14,18H,7-11,17H2,1-6H3. The zero-order chi connectivity index (χ0) is 14.0. The van der Waals surface area contributed by atoms with E-state index < -0.39 is 0 Å². The fourth-order valence-electron chi connectivity index (χ4n) is 4.06. The van der Waals surface area contributed by atoms with Gasteiger partial charge in [-0.15, -0.1) is 0 Å². The quantitative estimate of drug-likeness (QED) is 0.787. The highest BCUT2D eigenvalue weighted by Gasteiger charge is 2.39. The Bertz CT molecular complexity index is 260. The Morgan fingerprint density at radius 1 is 1.17 bits per heavy atom. The van der Waals surface area contributed by atoms with Gasteiger partial charge in [-0.2, -0.15) is 0 Å². The molecule has 3 atom stereocenters. The summed E-state index contributed by atoms with van der Waals surface area (Å²) in [6, 6.07) is 0.990. The van der Waals surface area contributed by atoms with Crippen molar-refractivity contribution >= 4 is 0 Å². The molecule has 1 aliphatic carbocycles. The van der Waals surface area contributed by atoms with Gasteiger partial charge in [0.2, 0.25) is 0 Å². The molecule has 0 heterocycles. The van der Waals surface area contributed by atoms with Crippen LogP contribution in [0.4, 0.5) is 0 Å². The minimum Gasteiger partial charge on any atom is -0.328 e. The topological polar surface area (TPSA) is 38.0 Å². The molecule has 1 fully saturated rings. The smallest absolute Gasteiger partial charge is 0.00495 e. The van der Waals surface area contributed by atoms with Gasteiger partial charge in [0, 0.05) is 18.6 Å². The van der Waals surface area contributed by atoms with Crippen molar-refractivity contribution in [2.75, 3.05) is 6.54 Å². The fourth-order valence-corrected chi connectivity index (χ4v) is 4.06. The molecule has 0 spiro atoms. The molecule has 18 heavy (non-hydrogen) atoms. The van der Waals surface area contributed by atoms with Crippen molar-refractivity contribution in [2.45, 2.75) is 79.3 Å². The summed E-state index contributed by atoms with van der Waals surface area (Å²) in [5.74, 6) is 0.769. The van der Waals surface area contributed by atoms with Gasteiger partial charge in [-0.25, -0.2) is 0 Å². The van der Waals surface area contributed by atoms with Gasteiger partial charge in [-0.3, -0.25) is 0 Å². The number of hydrogen-bond donors (Lipinski definition) is 2.